The van der Waals surface area contributed by atoms with Crippen molar-refractivity contribution in [1.82, 2.24) is 10.6 Å². The zero-order valence-electron chi connectivity index (χ0n) is 12.6. The number of amides is 3. The molecule has 0 spiro atoms. The lowest BCUT2D eigenvalue weighted by atomic mass is 10.2. The van der Waals surface area contributed by atoms with E-state index in [1.54, 1.807) is 37.5 Å². The Kier molecular flexibility index (Phi) is 5.35. The van der Waals surface area contributed by atoms with E-state index in [0.717, 1.165) is 11.3 Å². The fourth-order valence-corrected chi connectivity index (χ4v) is 1.77. The minimum atomic E-state index is -0.614. The molecule has 0 aliphatic rings. The second-order valence-corrected chi connectivity index (χ2v) is 4.66. The molecular weight excluding hydrogens is 294 g/mol. The van der Waals surface area contributed by atoms with Crippen LogP contribution in [-0.2, 0) is 0 Å². The molecule has 0 aliphatic heterocycles. The number of nitrogen functional groups attached to an aromatic ring is 1. The highest BCUT2D eigenvalue weighted by molar-refractivity contribution is 6.04. The van der Waals surface area contributed by atoms with Crippen LogP contribution in [-0.4, -0.2) is 19.0 Å². The molecule has 0 atom stereocenters. The molecule has 6 nitrogen and oxygen atoms in total. The first-order valence-corrected chi connectivity index (χ1v) is 6.86. The molecule has 0 radical (unpaired) electrons. The van der Waals surface area contributed by atoms with Crippen molar-refractivity contribution in [2.24, 2.45) is 0 Å². The molecule has 3 amide bonds. The summed E-state index contributed by atoms with van der Waals surface area (Å²) in [5.41, 5.74) is 7.33. The molecule has 0 bridgehead atoms. The van der Waals surface area contributed by atoms with Gasteiger partial charge < -0.3 is 15.8 Å². The summed E-state index contributed by atoms with van der Waals surface area (Å²) in [6, 6.07) is 13.0. The first-order valence-electron chi connectivity index (χ1n) is 6.86. The molecule has 0 saturated carbocycles. The lowest BCUT2D eigenvalue weighted by Crippen LogP contribution is -2.36. The summed E-state index contributed by atoms with van der Waals surface area (Å²) in [6.07, 6.45) is 3.15. The maximum absolute atomic E-state index is 11.8. The summed E-state index contributed by atoms with van der Waals surface area (Å²) in [5, 5.41) is 4.68. The maximum Gasteiger partial charge on any atom is 0.325 e. The van der Waals surface area contributed by atoms with E-state index in [1.165, 1.54) is 6.20 Å². The Morgan fingerprint density at radius 1 is 1.04 bits per heavy atom. The molecule has 6 heteroatoms. The quantitative estimate of drug-likeness (QED) is 0.756. The van der Waals surface area contributed by atoms with Crippen LogP contribution in [0.25, 0.3) is 6.08 Å². The second kappa shape index (κ2) is 7.65. The van der Waals surface area contributed by atoms with Gasteiger partial charge in [-0.15, -0.1) is 0 Å². The maximum atomic E-state index is 11.8. The monoisotopic (exact) mass is 311 g/mol. The lowest BCUT2D eigenvalue weighted by Gasteiger charge is -2.04. The predicted octanol–water partition coefficient (Wildman–Crippen LogP) is 2.39. The zero-order valence-corrected chi connectivity index (χ0v) is 12.6. The Morgan fingerprint density at radius 3 is 2.30 bits per heavy atom. The normalized spacial score (nSPS) is 10.3. The van der Waals surface area contributed by atoms with Crippen LogP contribution in [0.1, 0.15) is 15.9 Å². The van der Waals surface area contributed by atoms with Crippen molar-refractivity contribution >= 4 is 23.7 Å². The van der Waals surface area contributed by atoms with E-state index < -0.39 is 11.9 Å². The Labute approximate surface area is 133 Å². The SMILES string of the molecule is COc1ccc(/C=C/NC(=O)NC(=O)c2ccc(N)cc2)cc1. The Hall–Kier alpha value is -3.28. The van der Waals surface area contributed by atoms with Crippen LogP contribution in [0.15, 0.2) is 54.7 Å². The number of nitrogens with one attached hydrogen (secondary N) is 2. The van der Waals surface area contributed by atoms with E-state index in [4.69, 9.17) is 10.5 Å². The fraction of sp³-hybridized carbons (Fsp3) is 0.0588. The predicted molar refractivity (Wildman–Crippen MR) is 88.9 cm³/mol. The van der Waals surface area contributed by atoms with Gasteiger partial charge in [0, 0.05) is 17.5 Å². The molecule has 0 saturated heterocycles. The molecule has 0 aromatic heterocycles. The molecule has 2 aromatic carbocycles. The van der Waals surface area contributed by atoms with Crippen molar-refractivity contribution < 1.29 is 14.3 Å². The van der Waals surface area contributed by atoms with Gasteiger partial charge in [0.05, 0.1) is 7.11 Å². The Morgan fingerprint density at radius 2 is 1.70 bits per heavy atom. The van der Waals surface area contributed by atoms with Crippen molar-refractivity contribution in [3.05, 3.63) is 65.9 Å². The third-order valence-corrected chi connectivity index (χ3v) is 3.01. The van der Waals surface area contributed by atoms with E-state index in [9.17, 15) is 9.59 Å². The summed E-state index contributed by atoms with van der Waals surface area (Å²) in [7, 11) is 1.59. The molecule has 23 heavy (non-hydrogen) atoms. The molecule has 2 aromatic rings. The van der Waals surface area contributed by atoms with Gasteiger partial charge in [-0.2, -0.15) is 0 Å². The second-order valence-electron chi connectivity index (χ2n) is 4.66. The van der Waals surface area contributed by atoms with Gasteiger partial charge in [-0.1, -0.05) is 12.1 Å². The highest BCUT2D eigenvalue weighted by Crippen LogP contribution is 2.11. The van der Waals surface area contributed by atoms with E-state index in [-0.39, 0.29) is 0 Å². The van der Waals surface area contributed by atoms with E-state index >= 15 is 0 Å². The minimum Gasteiger partial charge on any atom is -0.497 e. The first kappa shape index (κ1) is 16.1. The average molecular weight is 311 g/mol. The van der Waals surface area contributed by atoms with E-state index in [0.29, 0.717) is 11.3 Å². The summed E-state index contributed by atoms with van der Waals surface area (Å²) in [6.45, 7) is 0. The van der Waals surface area contributed by atoms with E-state index in [1.807, 2.05) is 24.3 Å². The van der Waals surface area contributed by atoms with Crippen molar-refractivity contribution in [3.8, 4) is 5.75 Å². The van der Waals surface area contributed by atoms with E-state index in [2.05, 4.69) is 10.6 Å². The number of urea groups is 1. The number of hydrogen-bond donors (Lipinski definition) is 3. The molecule has 0 aliphatic carbocycles. The number of ether oxygens (including phenoxy) is 1. The third kappa shape index (κ3) is 4.89. The number of rotatable bonds is 4. The van der Waals surface area contributed by atoms with Gasteiger partial charge in [-0.3, -0.25) is 10.1 Å². The van der Waals surface area contributed by atoms with Gasteiger partial charge in [0.1, 0.15) is 5.75 Å². The van der Waals surface area contributed by atoms with Crippen LogP contribution in [0, 0.1) is 0 Å². The first-order chi connectivity index (χ1) is 11.1. The number of imide groups is 1. The summed E-state index contributed by atoms with van der Waals surface area (Å²) in [4.78, 5) is 23.5. The van der Waals surface area contributed by atoms with Gasteiger partial charge in [0.15, 0.2) is 0 Å². The summed E-state index contributed by atoms with van der Waals surface area (Å²) < 4.78 is 5.06. The van der Waals surface area contributed by atoms with Gasteiger partial charge in [0.2, 0.25) is 0 Å². The number of carbonyl (C=O) groups excluding carboxylic acids is 2. The number of carbonyl (C=O) groups is 2. The molecular formula is C17H17N3O3. The Balaban J connectivity index is 1.85. The van der Waals surface area contributed by atoms with Crippen LogP contribution >= 0.6 is 0 Å². The number of hydrogen-bond acceptors (Lipinski definition) is 4. The molecule has 0 heterocycles. The Bertz CT molecular complexity index is 707. The highest BCUT2D eigenvalue weighted by atomic mass is 16.5. The van der Waals surface area contributed by atoms with Gasteiger partial charge in [0.25, 0.3) is 5.91 Å². The number of anilines is 1. The minimum absolute atomic E-state index is 0.355. The van der Waals surface area contributed by atoms with Crippen molar-refractivity contribution in [3.63, 3.8) is 0 Å². The summed E-state index contributed by atoms with van der Waals surface area (Å²) in [5.74, 6) is 0.252. The van der Waals surface area contributed by atoms with Gasteiger partial charge in [-0.05, 0) is 48.0 Å². The van der Waals surface area contributed by atoms with Crippen molar-refractivity contribution in [2.45, 2.75) is 0 Å². The fourth-order valence-electron chi connectivity index (χ4n) is 1.77. The average Bonchev–Trinajstić information content (AvgIpc) is 2.56. The molecule has 4 N–H and O–H groups in total. The standard InChI is InChI=1S/C17H17N3O3/c1-23-15-8-2-12(3-9-15)10-11-19-17(22)20-16(21)13-4-6-14(18)7-5-13/h2-11H,18H2,1H3,(H2,19,20,21,22)/b11-10+. The van der Waals surface area contributed by atoms with Gasteiger partial charge >= 0.3 is 6.03 Å². The van der Waals surface area contributed by atoms with Crippen LogP contribution < -0.4 is 21.1 Å². The third-order valence-electron chi connectivity index (χ3n) is 3.01. The van der Waals surface area contributed by atoms with Crippen LogP contribution in [0.5, 0.6) is 5.75 Å². The van der Waals surface area contributed by atoms with Crippen molar-refractivity contribution in [1.29, 1.82) is 0 Å². The molecule has 2 rings (SSSR count). The smallest absolute Gasteiger partial charge is 0.325 e. The number of methoxy groups -OCH3 is 1. The lowest BCUT2D eigenvalue weighted by molar-refractivity contribution is 0.0965. The highest BCUT2D eigenvalue weighted by Gasteiger charge is 2.08. The van der Waals surface area contributed by atoms with Crippen molar-refractivity contribution in [2.75, 3.05) is 12.8 Å². The topological polar surface area (TPSA) is 93.5 Å². The molecule has 0 fully saturated rings. The van der Waals surface area contributed by atoms with Crippen LogP contribution in [0.4, 0.5) is 10.5 Å². The van der Waals surface area contributed by atoms with Crippen LogP contribution in [0.2, 0.25) is 0 Å². The van der Waals surface area contributed by atoms with Gasteiger partial charge in [-0.25, -0.2) is 4.79 Å². The summed E-state index contributed by atoms with van der Waals surface area (Å²) >= 11 is 0. The zero-order chi connectivity index (χ0) is 16.7. The largest absolute Gasteiger partial charge is 0.497 e. The molecule has 0 unspecified atom stereocenters. The van der Waals surface area contributed by atoms with Crippen LogP contribution in [0.3, 0.4) is 0 Å². The number of benzene rings is 2. The number of nitrogens with two attached hydrogens (primary N) is 1. The molecule has 118 valence electrons.